The van der Waals surface area contributed by atoms with Gasteiger partial charge in [-0.2, -0.15) is 0 Å². The lowest BCUT2D eigenvalue weighted by Gasteiger charge is -2.30. The summed E-state index contributed by atoms with van der Waals surface area (Å²) in [5.74, 6) is -0.0602. The third-order valence-electron chi connectivity index (χ3n) is 4.72. The highest BCUT2D eigenvalue weighted by Crippen LogP contribution is 2.24. The van der Waals surface area contributed by atoms with Crippen LogP contribution in [0.2, 0.25) is 0 Å². The van der Waals surface area contributed by atoms with Crippen molar-refractivity contribution in [3.05, 3.63) is 17.7 Å². The Morgan fingerprint density at radius 1 is 1.39 bits per heavy atom. The Labute approximate surface area is 135 Å². The molecule has 1 aliphatic carbocycles. The molecule has 2 amide bonds. The molecule has 1 fully saturated rings. The molecule has 0 spiro atoms. The number of carbonyl (C=O) groups excluding carboxylic acids is 2. The quantitative estimate of drug-likeness (QED) is 0.747. The van der Waals surface area contributed by atoms with Crippen LogP contribution in [0, 0.1) is 5.92 Å². The number of ether oxygens (including phenoxy) is 1. The molecular weight excluding hydrogens is 296 g/mol. The topological polar surface area (TPSA) is 85.2 Å². The summed E-state index contributed by atoms with van der Waals surface area (Å²) in [7, 11) is 1.60. The Kier molecular flexibility index (Phi) is 4.95. The molecule has 126 valence electrons. The second-order valence-corrected chi connectivity index (χ2v) is 6.31. The van der Waals surface area contributed by atoms with Crippen LogP contribution in [0.3, 0.4) is 0 Å². The lowest BCUT2D eigenvalue weighted by atomic mass is 9.91. The fraction of sp³-hybridized carbons (Fsp3) is 0.688. The number of hydrogen-bond donors (Lipinski definition) is 2. The molecule has 2 heterocycles. The summed E-state index contributed by atoms with van der Waals surface area (Å²) in [6.07, 6.45) is 6.55. The molecule has 1 aliphatic heterocycles. The van der Waals surface area contributed by atoms with Gasteiger partial charge in [0.1, 0.15) is 5.69 Å². The Hall–Kier alpha value is -1.89. The fourth-order valence-corrected chi connectivity index (χ4v) is 3.09. The highest BCUT2D eigenvalue weighted by molar-refractivity contribution is 5.93. The molecule has 1 aromatic heterocycles. The van der Waals surface area contributed by atoms with Gasteiger partial charge in [-0.15, -0.1) is 0 Å². The zero-order valence-electron chi connectivity index (χ0n) is 13.5. The van der Waals surface area contributed by atoms with E-state index < -0.39 is 0 Å². The minimum Gasteiger partial charge on any atom is -0.383 e. The molecular formula is C16H24N4O3. The van der Waals surface area contributed by atoms with Gasteiger partial charge < -0.3 is 19.9 Å². The van der Waals surface area contributed by atoms with E-state index in [-0.39, 0.29) is 17.7 Å². The summed E-state index contributed by atoms with van der Waals surface area (Å²) in [4.78, 5) is 28.7. The monoisotopic (exact) mass is 320 g/mol. The Balaban J connectivity index is 1.59. The first-order chi connectivity index (χ1) is 11.2. The maximum absolute atomic E-state index is 12.3. The van der Waals surface area contributed by atoms with E-state index in [9.17, 15) is 9.59 Å². The summed E-state index contributed by atoms with van der Waals surface area (Å²) in [6, 6.07) is 0.369. The largest absolute Gasteiger partial charge is 0.383 e. The predicted octanol–water partition coefficient (Wildman–Crippen LogP) is 0.490. The number of aromatic nitrogens is 2. The van der Waals surface area contributed by atoms with Crippen molar-refractivity contribution in [2.75, 3.05) is 20.3 Å². The summed E-state index contributed by atoms with van der Waals surface area (Å²) in [6.45, 7) is 1.55. The smallest absolute Gasteiger partial charge is 0.271 e. The number of carbonyl (C=O) groups is 2. The molecule has 1 unspecified atom stereocenters. The molecule has 7 nitrogen and oxygen atoms in total. The van der Waals surface area contributed by atoms with Gasteiger partial charge >= 0.3 is 0 Å². The Morgan fingerprint density at radius 3 is 2.91 bits per heavy atom. The second kappa shape index (κ2) is 7.12. The number of hydrogen-bond acceptors (Lipinski definition) is 4. The van der Waals surface area contributed by atoms with Gasteiger partial charge in [-0.1, -0.05) is 0 Å². The number of methoxy groups -OCH3 is 1. The van der Waals surface area contributed by atoms with Crippen LogP contribution in [0.5, 0.6) is 0 Å². The Morgan fingerprint density at radius 2 is 2.22 bits per heavy atom. The average Bonchev–Trinajstić information content (AvgIpc) is 2.94. The van der Waals surface area contributed by atoms with Crippen LogP contribution in [0.1, 0.15) is 41.9 Å². The van der Waals surface area contributed by atoms with Crippen molar-refractivity contribution < 1.29 is 14.3 Å². The van der Waals surface area contributed by atoms with Crippen molar-refractivity contribution in [3.8, 4) is 0 Å². The molecule has 1 aromatic rings. The Bertz CT molecular complexity index is 580. The molecule has 1 saturated carbocycles. The van der Waals surface area contributed by atoms with Crippen molar-refractivity contribution in [2.24, 2.45) is 5.92 Å². The summed E-state index contributed by atoms with van der Waals surface area (Å²) in [5.41, 5.74) is 1.39. The maximum atomic E-state index is 12.3. The zero-order chi connectivity index (χ0) is 16.2. The average molecular weight is 320 g/mol. The van der Waals surface area contributed by atoms with Gasteiger partial charge in [-0.05, 0) is 32.1 Å². The molecule has 3 rings (SSSR count). The van der Waals surface area contributed by atoms with Crippen LogP contribution < -0.4 is 10.6 Å². The van der Waals surface area contributed by atoms with Gasteiger partial charge in [-0.25, -0.2) is 4.98 Å². The number of rotatable bonds is 6. The standard InChI is InChI=1S/C16H24N4O3/c1-23-8-7-17-16(22)14-13-6-5-11(9-20(13)10-18-14)15(21)19-12-3-2-4-12/h10-12H,2-9H2,1H3,(H,17,22)(H,19,21). The highest BCUT2D eigenvalue weighted by atomic mass is 16.5. The molecule has 23 heavy (non-hydrogen) atoms. The normalized spacial score (nSPS) is 20.5. The lowest BCUT2D eigenvalue weighted by molar-refractivity contribution is -0.127. The van der Waals surface area contributed by atoms with Gasteiger partial charge in [0.05, 0.1) is 24.5 Å². The van der Waals surface area contributed by atoms with Gasteiger partial charge in [0.2, 0.25) is 5.91 Å². The molecule has 0 saturated heterocycles. The number of nitrogens with one attached hydrogen (secondary N) is 2. The van der Waals surface area contributed by atoms with Crippen LogP contribution in [-0.4, -0.2) is 47.7 Å². The van der Waals surface area contributed by atoms with Crippen LogP contribution >= 0.6 is 0 Å². The number of imidazole rings is 1. The molecule has 2 N–H and O–H groups in total. The maximum Gasteiger partial charge on any atom is 0.271 e. The van der Waals surface area contributed by atoms with E-state index in [2.05, 4.69) is 15.6 Å². The van der Waals surface area contributed by atoms with E-state index in [4.69, 9.17) is 4.74 Å². The highest BCUT2D eigenvalue weighted by Gasteiger charge is 2.30. The van der Waals surface area contributed by atoms with Crippen LogP contribution in [-0.2, 0) is 22.5 Å². The van der Waals surface area contributed by atoms with Crippen LogP contribution in [0.25, 0.3) is 0 Å². The third-order valence-corrected chi connectivity index (χ3v) is 4.72. The first-order valence-corrected chi connectivity index (χ1v) is 8.30. The minimum atomic E-state index is -0.173. The van der Waals surface area contributed by atoms with Gasteiger partial charge in [0.25, 0.3) is 5.91 Å². The third kappa shape index (κ3) is 3.55. The van der Waals surface area contributed by atoms with E-state index in [1.54, 1.807) is 13.4 Å². The molecule has 2 aliphatic rings. The zero-order valence-corrected chi connectivity index (χ0v) is 13.5. The minimum absolute atomic E-state index is 0.0262. The first-order valence-electron chi connectivity index (χ1n) is 8.30. The van der Waals surface area contributed by atoms with E-state index >= 15 is 0 Å². The van der Waals surface area contributed by atoms with E-state index in [1.165, 1.54) is 6.42 Å². The SMILES string of the molecule is COCCNC(=O)c1ncn2c1CCC(C(=O)NC1CCC1)C2. The number of nitrogens with zero attached hydrogens (tertiary/aromatic N) is 2. The summed E-state index contributed by atoms with van der Waals surface area (Å²) < 4.78 is 6.87. The van der Waals surface area contributed by atoms with Crippen molar-refractivity contribution in [2.45, 2.75) is 44.7 Å². The van der Waals surface area contributed by atoms with E-state index in [0.29, 0.717) is 37.9 Å². The van der Waals surface area contributed by atoms with Crippen molar-refractivity contribution in [1.29, 1.82) is 0 Å². The van der Waals surface area contributed by atoms with Crippen molar-refractivity contribution in [1.82, 2.24) is 20.2 Å². The van der Waals surface area contributed by atoms with Crippen molar-refractivity contribution in [3.63, 3.8) is 0 Å². The number of fused-ring (bicyclic) bond motifs is 1. The molecule has 0 radical (unpaired) electrons. The fourth-order valence-electron chi connectivity index (χ4n) is 3.09. The lowest BCUT2D eigenvalue weighted by Crippen LogP contribution is -2.44. The summed E-state index contributed by atoms with van der Waals surface area (Å²) in [5, 5.41) is 5.91. The molecule has 1 atom stereocenters. The predicted molar refractivity (Wildman–Crippen MR) is 84.0 cm³/mol. The summed E-state index contributed by atoms with van der Waals surface area (Å²) >= 11 is 0. The van der Waals surface area contributed by atoms with Crippen LogP contribution in [0.4, 0.5) is 0 Å². The number of amides is 2. The van der Waals surface area contributed by atoms with Crippen LogP contribution in [0.15, 0.2) is 6.33 Å². The molecule has 0 aromatic carbocycles. The second-order valence-electron chi connectivity index (χ2n) is 6.31. The van der Waals surface area contributed by atoms with Gasteiger partial charge in [0, 0.05) is 26.2 Å². The van der Waals surface area contributed by atoms with E-state index in [0.717, 1.165) is 25.0 Å². The van der Waals surface area contributed by atoms with Crippen molar-refractivity contribution >= 4 is 11.8 Å². The molecule has 0 bridgehead atoms. The van der Waals surface area contributed by atoms with E-state index in [1.807, 2.05) is 4.57 Å². The van der Waals surface area contributed by atoms with Gasteiger partial charge in [-0.3, -0.25) is 9.59 Å². The first kappa shape index (κ1) is 16.0. The molecule has 7 heteroatoms. The van der Waals surface area contributed by atoms with Gasteiger partial charge in [0.15, 0.2) is 0 Å².